The molecule has 0 saturated heterocycles. The van der Waals surface area contributed by atoms with Gasteiger partial charge in [-0.1, -0.05) is 45.3 Å². The minimum atomic E-state index is -1.57. The Morgan fingerprint density at radius 2 is 1.65 bits per heavy atom. The molecule has 0 amide bonds. The first-order valence-electron chi connectivity index (χ1n) is 6.68. The van der Waals surface area contributed by atoms with E-state index in [2.05, 4.69) is 33.8 Å². The van der Waals surface area contributed by atoms with E-state index < -0.39 is 15.2 Å². The predicted molar refractivity (Wildman–Crippen MR) is 75.4 cm³/mol. The lowest BCUT2D eigenvalue weighted by Crippen LogP contribution is -2.44. The zero-order valence-corrected chi connectivity index (χ0v) is 12.7. The van der Waals surface area contributed by atoms with Crippen LogP contribution in [0.1, 0.15) is 40.5 Å². The highest BCUT2D eigenvalue weighted by Gasteiger charge is 2.46. The molecule has 0 aromatic heterocycles. The van der Waals surface area contributed by atoms with Gasteiger partial charge in [0.25, 0.3) is 0 Å². The molecule has 0 bridgehead atoms. The van der Waals surface area contributed by atoms with E-state index in [0.29, 0.717) is 6.32 Å². The van der Waals surface area contributed by atoms with Crippen LogP contribution in [0.4, 0.5) is 0 Å². The third-order valence-electron chi connectivity index (χ3n) is 4.59. The van der Waals surface area contributed by atoms with Gasteiger partial charge in [-0.15, -0.1) is 0 Å². The molecule has 2 N–H and O–H groups in total. The van der Waals surface area contributed by atoms with Gasteiger partial charge in [-0.05, 0) is 19.7 Å². The highest BCUT2D eigenvalue weighted by atomic mass is 28.3. The van der Waals surface area contributed by atoms with Crippen LogP contribution in [0, 0.1) is 11.3 Å². The van der Waals surface area contributed by atoms with E-state index >= 15 is 0 Å². The fourth-order valence-electron chi connectivity index (χ4n) is 3.00. The summed E-state index contributed by atoms with van der Waals surface area (Å²) >= 11 is 0. The second-order valence-electron chi connectivity index (χ2n) is 5.16. The average molecular weight is 255 g/mol. The monoisotopic (exact) mass is 255 g/mol. The molecule has 0 spiro atoms. The van der Waals surface area contributed by atoms with Gasteiger partial charge in [0, 0.05) is 5.04 Å². The Bertz CT molecular complexity index is 255. The van der Waals surface area contributed by atoms with Gasteiger partial charge in [0.2, 0.25) is 0 Å². The van der Waals surface area contributed by atoms with Crippen LogP contribution in [-0.4, -0.2) is 25.2 Å². The molecule has 0 aliphatic carbocycles. The van der Waals surface area contributed by atoms with Crippen LogP contribution in [0.2, 0.25) is 29.5 Å². The second-order valence-corrected chi connectivity index (χ2v) is 10.9. The van der Waals surface area contributed by atoms with Crippen LogP contribution in [0.15, 0.2) is 0 Å². The first-order valence-corrected chi connectivity index (χ1v) is 9.31. The molecule has 0 aliphatic heterocycles. The van der Waals surface area contributed by atoms with Crippen molar-refractivity contribution in [3.63, 3.8) is 0 Å². The number of nitrogens with zero attached hydrogens (tertiary/aromatic N) is 1. The Balaban J connectivity index is 4.80. The fraction of sp³-hybridized carbons (Fsp3) is 0.917. The highest BCUT2D eigenvalue weighted by Crippen LogP contribution is 2.48. The predicted octanol–water partition coefficient (Wildman–Crippen LogP) is 3.03. The summed E-state index contributed by atoms with van der Waals surface area (Å²) in [5, 5.41) is 27.1. The van der Waals surface area contributed by atoms with Crippen molar-refractivity contribution in [1.29, 1.82) is 5.26 Å². The van der Waals surface area contributed by atoms with Crippen molar-refractivity contribution in [3.05, 3.63) is 0 Å². The van der Waals surface area contributed by atoms with Crippen LogP contribution < -0.4 is 0 Å². The molecule has 1 unspecified atom stereocenters. The molecule has 1 atom stereocenters. The maximum absolute atomic E-state index is 9.54. The summed E-state index contributed by atoms with van der Waals surface area (Å²) in [6.45, 7) is 8.70. The first kappa shape index (κ1) is 16.7. The first-order chi connectivity index (χ1) is 7.91. The van der Waals surface area contributed by atoms with Gasteiger partial charge in [0.1, 0.15) is 0 Å². The van der Waals surface area contributed by atoms with Gasteiger partial charge >= 0.3 is 7.12 Å². The van der Waals surface area contributed by atoms with Crippen LogP contribution in [0.25, 0.3) is 0 Å². The minimum Gasteiger partial charge on any atom is -0.427 e. The van der Waals surface area contributed by atoms with Gasteiger partial charge in [0.15, 0.2) is 0 Å². The molecule has 0 heterocycles. The van der Waals surface area contributed by atoms with Gasteiger partial charge in [-0.3, -0.25) is 0 Å². The van der Waals surface area contributed by atoms with Crippen molar-refractivity contribution < 1.29 is 10.0 Å². The largest absolute Gasteiger partial charge is 0.451 e. The van der Waals surface area contributed by atoms with E-state index in [1.165, 1.54) is 0 Å². The zero-order valence-electron chi connectivity index (χ0n) is 11.7. The lowest BCUT2D eigenvalue weighted by atomic mass is 9.82. The summed E-state index contributed by atoms with van der Waals surface area (Å²) in [5.74, 6) is 0. The Morgan fingerprint density at radius 1 is 1.18 bits per heavy atom. The van der Waals surface area contributed by atoms with Gasteiger partial charge in [-0.25, -0.2) is 0 Å². The van der Waals surface area contributed by atoms with Crippen LogP contribution in [0.5, 0.6) is 0 Å². The molecule has 0 rings (SSSR count). The van der Waals surface area contributed by atoms with E-state index in [4.69, 9.17) is 10.0 Å². The second kappa shape index (κ2) is 7.20. The quantitative estimate of drug-likeness (QED) is 0.655. The molecular formula is C12H26BNO2Si. The van der Waals surface area contributed by atoms with Crippen molar-refractivity contribution in [2.45, 2.75) is 70.0 Å². The molecular weight excluding hydrogens is 229 g/mol. The molecule has 98 valence electrons. The van der Waals surface area contributed by atoms with Crippen LogP contribution in [0.3, 0.4) is 0 Å². The van der Waals surface area contributed by atoms with E-state index in [1.54, 1.807) is 0 Å². The number of nitriles is 1. The standard InChI is InChI=1S/C12H26BNO2Si/c1-5-17(6-2,7-3)12(4,11-14)9-8-10-13(15)16/h15-16H,5-10H2,1-4H3. The lowest BCUT2D eigenvalue weighted by Gasteiger charge is -2.41. The summed E-state index contributed by atoms with van der Waals surface area (Å²) in [6, 6.07) is 5.94. The molecule has 0 saturated carbocycles. The van der Waals surface area contributed by atoms with E-state index in [0.717, 1.165) is 31.0 Å². The topological polar surface area (TPSA) is 64.2 Å². The fourth-order valence-corrected chi connectivity index (χ4v) is 7.78. The number of rotatable bonds is 8. The molecule has 0 aliphatic rings. The molecule has 5 heteroatoms. The van der Waals surface area contributed by atoms with Crippen molar-refractivity contribution in [1.82, 2.24) is 0 Å². The van der Waals surface area contributed by atoms with Gasteiger partial charge < -0.3 is 10.0 Å². The summed E-state index contributed by atoms with van der Waals surface area (Å²) in [6.07, 6.45) is 1.89. The summed E-state index contributed by atoms with van der Waals surface area (Å²) in [5.41, 5.74) is 0. The van der Waals surface area contributed by atoms with Gasteiger partial charge in [0.05, 0.1) is 14.1 Å². The Labute approximate surface area is 107 Å². The average Bonchev–Trinajstić information content (AvgIpc) is 2.31. The van der Waals surface area contributed by atoms with Crippen molar-refractivity contribution >= 4 is 15.2 Å². The van der Waals surface area contributed by atoms with E-state index in [-0.39, 0.29) is 5.04 Å². The Hall–Kier alpha value is -0.308. The third-order valence-corrected chi connectivity index (χ3v) is 11.4. The van der Waals surface area contributed by atoms with Crippen LogP contribution in [-0.2, 0) is 0 Å². The van der Waals surface area contributed by atoms with E-state index in [9.17, 15) is 5.26 Å². The third kappa shape index (κ3) is 3.84. The minimum absolute atomic E-state index is 0.236. The van der Waals surface area contributed by atoms with Crippen LogP contribution >= 0.6 is 0 Å². The lowest BCUT2D eigenvalue weighted by molar-refractivity contribution is 0.400. The molecule has 0 fully saturated rings. The SMILES string of the molecule is CC[Si](CC)(CC)C(C)(C#N)CCCB(O)O. The number of hydrogen-bond acceptors (Lipinski definition) is 3. The maximum Gasteiger partial charge on any atom is 0.451 e. The summed E-state index contributed by atoms with van der Waals surface area (Å²) in [4.78, 5) is 0. The summed E-state index contributed by atoms with van der Waals surface area (Å²) < 4.78 is 0. The molecule has 0 aromatic carbocycles. The molecule has 17 heavy (non-hydrogen) atoms. The Kier molecular flexibility index (Phi) is 7.07. The molecule has 0 radical (unpaired) electrons. The molecule has 0 aromatic rings. The van der Waals surface area contributed by atoms with E-state index in [1.807, 2.05) is 0 Å². The zero-order chi connectivity index (χ0) is 13.5. The van der Waals surface area contributed by atoms with Gasteiger partial charge in [-0.2, -0.15) is 5.26 Å². The normalized spacial score (nSPS) is 15.1. The summed E-state index contributed by atoms with van der Waals surface area (Å²) in [7, 11) is -2.80. The van der Waals surface area contributed by atoms with Crippen molar-refractivity contribution in [2.75, 3.05) is 0 Å². The highest BCUT2D eigenvalue weighted by molar-refractivity contribution is 6.83. The maximum atomic E-state index is 9.54. The number of hydrogen-bond donors (Lipinski definition) is 2. The Morgan fingerprint density at radius 3 is 1.94 bits per heavy atom. The van der Waals surface area contributed by atoms with Crippen molar-refractivity contribution in [2.24, 2.45) is 0 Å². The molecule has 3 nitrogen and oxygen atoms in total. The smallest absolute Gasteiger partial charge is 0.427 e. The van der Waals surface area contributed by atoms with Crippen molar-refractivity contribution in [3.8, 4) is 6.07 Å².